The first-order valence-corrected chi connectivity index (χ1v) is 8.08. The fourth-order valence-electron chi connectivity index (χ4n) is 2.61. The van der Waals surface area contributed by atoms with Crippen molar-refractivity contribution in [1.29, 1.82) is 0 Å². The Morgan fingerprint density at radius 3 is 1.74 bits per heavy atom. The summed E-state index contributed by atoms with van der Waals surface area (Å²) in [5.41, 5.74) is 0.728. The molecule has 0 heterocycles. The number of hydrogen-bond donors (Lipinski definition) is 0. The number of rotatable bonds is 2. The van der Waals surface area contributed by atoms with Crippen molar-refractivity contribution in [3.8, 4) is 0 Å². The third kappa shape index (κ3) is 7.39. The van der Waals surface area contributed by atoms with Gasteiger partial charge in [0.1, 0.15) is 6.10 Å². The first kappa shape index (κ1) is 16.3. The van der Waals surface area contributed by atoms with E-state index in [4.69, 9.17) is 4.74 Å². The molecule has 0 saturated heterocycles. The zero-order valence-corrected chi connectivity index (χ0v) is 12.7. The van der Waals surface area contributed by atoms with Crippen molar-refractivity contribution in [1.82, 2.24) is 0 Å². The van der Waals surface area contributed by atoms with Gasteiger partial charge in [-0.05, 0) is 39.5 Å². The molecule has 0 aromatic heterocycles. The molecule has 1 fully saturated rings. The molecule has 19 heavy (non-hydrogen) atoms. The topological polar surface area (TPSA) is 26.3 Å². The average Bonchev–Trinajstić information content (AvgIpc) is 2.40. The van der Waals surface area contributed by atoms with Gasteiger partial charge in [0, 0.05) is 5.57 Å². The summed E-state index contributed by atoms with van der Waals surface area (Å²) in [6.45, 7) is 3.72. The molecular formula is C17H30O2. The van der Waals surface area contributed by atoms with Crippen LogP contribution in [0.3, 0.4) is 0 Å². The summed E-state index contributed by atoms with van der Waals surface area (Å²) in [4.78, 5) is 11.8. The average molecular weight is 266 g/mol. The molecule has 0 aromatic rings. The molecule has 0 amide bonds. The van der Waals surface area contributed by atoms with Gasteiger partial charge in [0.05, 0.1) is 0 Å². The van der Waals surface area contributed by atoms with Gasteiger partial charge >= 0.3 is 5.97 Å². The zero-order valence-electron chi connectivity index (χ0n) is 12.7. The molecule has 1 aliphatic carbocycles. The highest BCUT2D eigenvalue weighted by atomic mass is 16.5. The first-order valence-electron chi connectivity index (χ1n) is 8.08. The number of esters is 1. The lowest BCUT2D eigenvalue weighted by molar-refractivity contribution is -0.145. The van der Waals surface area contributed by atoms with Gasteiger partial charge in [0.2, 0.25) is 0 Å². The Balaban J connectivity index is 2.40. The van der Waals surface area contributed by atoms with E-state index in [0.717, 1.165) is 18.4 Å². The summed E-state index contributed by atoms with van der Waals surface area (Å²) in [6, 6.07) is 0. The molecular weight excluding hydrogens is 236 g/mol. The standard InChI is InChI=1S/C17H30O2/c1-3-15(2)17(18)19-16-13-11-9-7-5-4-6-8-10-12-14-16/h3,16H,4-14H2,1-2H3. The molecule has 0 radical (unpaired) electrons. The van der Waals surface area contributed by atoms with Crippen molar-refractivity contribution >= 4 is 5.97 Å². The highest BCUT2D eigenvalue weighted by Gasteiger charge is 2.15. The minimum atomic E-state index is -0.125. The van der Waals surface area contributed by atoms with E-state index in [9.17, 15) is 4.79 Å². The Hall–Kier alpha value is -0.790. The maximum absolute atomic E-state index is 11.8. The van der Waals surface area contributed by atoms with E-state index in [1.165, 1.54) is 57.8 Å². The maximum atomic E-state index is 11.8. The van der Waals surface area contributed by atoms with Crippen LogP contribution in [0, 0.1) is 0 Å². The highest BCUT2D eigenvalue weighted by molar-refractivity contribution is 5.87. The molecule has 1 saturated carbocycles. The maximum Gasteiger partial charge on any atom is 0.333 e. The van der Waals surface area contributed by atoms with Gasteiger partial charge < -0.3 is 4.74 Å². The smallest absolute Gasteiger partial charge is 0.333 e. The van der Waals surface area contributed by atoms with Crippen LogP contribution in [0.1, 0.15) is 84.5 Å². The molecule has 0 atom stereocenters. The van der Waals surface area contributed by atoms with Crippen molar-refractivity contribution in [3.63, 3.8) is 0 Å². The van der Waals surface area contributed by atoms with Crippen molar-refractivity contribution < 1.29 is 9.53 Å². The second kappa shape index (κ2) is 10.1. The number of hydrogen-bond acceptors (Lipinski definition) is 2. The normalized spacial score (nSPS) is 21.3. The molecule has 0 N–H and O–H groups in total. The van der Waals surface area contributed by atoms with Crippen LogP contribution in [0.15, 0.2) is 11.6 Å². The van der Waals surface area contributed by atoms with Gasteiger partial charge in [-0.3, -0.25) is 0 Å². The van der Waals surface area contributed by atoms with Crippen LogP contribution >= 0.6 is 0 Å². The second-order valence-electron chi connectivity index (χ2n) is 5.76. The number of carbonyl (C=O) groups excluding carboxylic acids is 1. The first-order chi connectivity index (χ1) is 9.24. The van der Waals surface area contributed by atoms with E-state index in [2.05, 4.69) is 0 Å². The number of carbonyl (C=O) groups is 1. The van der Waals surface area contributed by atoms with Crippen molar-refractivity contribution in [2.24, 2.45) is 0 Å². The summed E-state index contributed by atoms with van der Waals surface area (Å²) in [7, 11) is 0. The fraction of sp³-hybridized carbons (Fsp3) is 0.824. The second-order valence-corrected chi connectivity index (χ2v) is 5.76. The van der Waals surface area contributed by atoms with Crippen LogP contribution in [0.5, 0.6) is 0 Å². The summed E-state index contributed by atoms with van der Waals surface area (Å²) in [5.74, 6) is -0.125. The molecule has 0 aromatic carbocycles. The predicted molar refractivity (Wildman–Crippen MR) is 80.1 cm³/mol. The molecule has 2 nitrogen and oxygen atoms in total. The molecule has 1 rings (SSSR count). The lowest BCUT2D eigenvalue weighted by atomic mass is 9.99. The van der Waals surface area contributed by atoms with Crippen LogP contribution in [0.2, 0.25) is 0 Å². The summed E-state index contributed by atoms with van der Waals surface area (Å²) in [6.07, 6.45) is 15.9. The largest absolute Gasteiger partial charge is 0.459 e. The van der Waals surface area contributed by atoms with E-state index >= 15 is 0 Å². The Labute approximate surface area is 118 Å². The van der Waals surface area contributed by atoms with Crippen molar-refractivity contribution in [2.75, 3.05) is 0 Å². The van der Waals surface area contributed by atoms with E-state index in [-0.39, 0.29) is 12.1 Å². The van der Waals surface area contributed by atoms with Crippen LogP contribution in [-0.2, 0) is 9.53 Å². The van der Waals surface area contributed by atoms with Gasteiger partial charge in [-0.25, -0.2) is 4.79 Å². The third-order valence-electron chi connectivity index (χ3n) is 4.08. The quantitative estimate of drug-likeness (QED) is 0.509. The van der Waals surface area contributed by atoms with Crippen molar-refractivity contribution in [3.05, 3.63) is 11.6 Å². The Kier molecular flexibility index (Phi) is 8.61. The van der Waals surface area contributed by atoms with E-state index < -0.39 is 0 Å². The van der Waals surface area contributed by atoms with Gasteiger partial charge in [-0.15, -0.1) is 0 Å². The molecule has 0 aliphatic heterocycles. The lowest BCUT2D eigenvalue weighted by Crippen LogP contribution is -2.19. The van der Waals surface area contributed by atoms with Crippen LogP contribution in [-0.4, -0.2) is 12.1 Å². The van der Waals surface area contributed by atoms with E-state index in [1.807, 2.05) is 19.9 Å². The zero-order chi connectivity index (χ0) is 13.9. The minimum Gasteiger partial charge on any atom is -0.459 e. The molecule has 2 heteroatoms. The Morgan fingerprint density at radius 1 is 0.895 bits per heavy atom. The summed E-state index contributed by atoms with van der Waals surface area (Å²) in [5, 5.41) is 0. The van der Waals surface area contributed by atoms with Crippen LogP contribution in [0.4, 0.5) is 0 Å². The number of ether oxygens (including phenoxy) is 1. The lowest BCUT2D eigenvalue weighted by Gasteiger charge is -2.19. The monoisotopic (exact) mass is 266 g/mol. The molecule has 0 unspecified atom stereocenters. The van der Waals surface area contributed by atoms with E-state index in [0.29, 0.717) is 0 Å². The van der Waals surface area contributed by atoms with E-state index in [1.54, 1.807) is 0 Å². The minimum absolute atomic E-state index is 0.125. The predicted octanol–water partition coefficient (Wildman–Crippen LogP) is 5.17. The summed E-state index contributed by atoms with van der Waals surface area (Å²) < 4.78 is 5.64. The molecule has 0 spiro atoms. The molecule has 1 aliphatic rings. The Morgan fingerprint density at radius 2 is 1.32 bits per heavy atom. The number of allylic oxidation sites excluding steroid dienone is 1. The molecule has 0 bridgehead atoms. The highest BCUT2D eigenvalue weighted by Crippen LogP contribution is 2.19. The SMILES string of the molecule is CC=C(C)C(=O)OC1CCCCCCCCCCC1. The fourth-order valence-corrected chi connectivity index (χ4v) is 2.61. The van der Waals surface area contributed by atoms with Gasteiger partial charge in [0.25, 0.3) is 0 Å². The Bertz CT molecular complexity index is 269. The van der Waals surface area contributed by atoms with Crippen molar-refractivity contribution in [2.45, 2.75) is 90.6 Å². The molecule has 110 valence electrons. The third-order valence-corrected chi connectivity index (χ3v) is 4.08. The van der Waals surface area contributed by atoms with Crippen LogP contribution in [0.25, 0.3) is 0 Å². The van der Waals surface area contributed by atoms with Crippen LogP contribution < -0.4 is 0 Å². The van der Waals surface area contributed by atoms with Gasteiger partial charge in [0.15, 0.2) is 0 Å². The van der Waals surface area contributed by atoms with Gasteiger partial charge in [-0.2, -0.15) is 0 Å². The van der Waals surface area contributed by atoms with Gasteiger partial charge in [-0.1, -0.05) is 51.0 Å². The summed E-state index contributed by atoms with van der Waals surface area (Å²) >= 11 is 0.